The number of ether oxygens (including phenoxy) is 1. The number of nitrogens with one attached hydrogen (secondary N) is 2. The van der Waals surface area contributed by atoms with Gasteiger partial charge in [0.05, 0.1) is 11.5 Å². The van der Waals surface area contributed by atoms with Crippen molar-refractivity contribution in [3.8, 4) is 0 Å². The van der Waals surface area contributed by atoms with E-state index in [1.54, 1.807) is 38.3 Å². The van der Waals surface area contributed by atoms with E-state index in [2.05, 4.69) is 20.2 Å². The van der Waals surface area contributed by atoms with E-state index in [1.807, 2.05) is 13.0 Å². The van der Waals surface area contributed by atoms with Crippen LogP contribution in [0.2, 0.25) is 0 Å². The molecule has 0 atom stereocenters. The maximum Gasteiger partial charge on any atom is 0.263 e. The Morgan fingerprint density at radius 3 is 2.39 bits per heavy atom. The molecule has 0 saturated carbocycles. The van der Waals surface area contributed by atoms with E-state index in [1.165, 1.54) is 0 Å². The summed E-state index contributed by atoms with van der Waals surface area (Å²) >= 11 is 0. The molecule has 2 N–H and O–H groups in total. The largest absolute Gasteiger partial charge is 0.383 e. The van der Waals surface area contributed by atoms with E-state index >= 15 is 0 Å². The number of hydrogen-bond acceptors (Lipinski definition) is 6. The number of rotatable bonds is 7. The number of sulfonamides is 1. The molecule has 23 heavy (non-hydrogen) atoms. The maximum absolute atomic E-state index is 12.4. The van der Waals surface area contributed by atoms with Crippen LogP contribution in [-0.4, -0.2) is 38.9 Å². The summed E-state index contributed by atoms with van der Waals surface area (Å²) in [6, 6.07) is 8.38. The van der Waals surface area contributed by atoms with E-state index in [9.17, 15) is 8.42 Å². The van der Waals surface area contributed by atoms with E-state index in [-0.39, 0.29) is 10.7 Å². The molecule has 8 heteroatoms. The quantitative estimate of drug-likeness (QED) is 0.751. The van der Waals surface area contributed by atoms with Crippen LogP contribution < -0.4 is 10.0 Å². The Kier molecular flexibility index (Phi) is 5.51. The van der Waals surface area contributed by atoms with Crippen LogP contribution in [0.25, 0.3) is 0 Å². The lowest BCUT2D eigenvalue weighted by atomic mass is 10.2. The molecule has 124 valence electrons. The minimum Gasteiger partial charge on any atom is -0.383 e. The number of nitrogens with zero attached hydrogens (tertiary/aromatic N) is 2. The summed E-state index contributed by atoms with van der Waals surface area (Å²) in [6.45, 7) is 4.81. The minimum absolute atomic E-state index is 0.169. The van der Waals surface area contributed by atoms with Gasteiger partial charge in [0, 0.05) is 13.7 Å². The molecule has 0 aliphatic heterocycles. The normalized spacial score (nSPS) is 11.3. The first kappa shape index (κ1) is 17.2. The fraction of sp³-hybridized carbons (Fsp3) is 0.333. The van der Waals surface area contributed by atoms with E-state index in [0.29, 0.717) is 24.5 Å². The van der Waals surface area contributed by atoms with Crippen molar-refractivity contribution in [1.82, 2.24) is 10.2 Å². The highest BCUT2D eigenvalue weighted by atomic mass is 32.2. The van der Waals surface area contributed by atoms with Crippen molar-refractivity contribution < 1.29 is 13.2 Å². The standard InChI is InChI=1S/C15H20N4O3S/c1-11-4-5-13(12(2)10-11)23(20,21)19-15-7-6-14(17-18-15)16-8-9-22-3/h4-7,10H,8-9H2,1-3H3,(H,16,17)(H,18,19). The summed E-state index contributed by atoms with van der Waals surface area (Å²) in [7, 11) is -2.08. The van der Waals surface area contributed by atoms with Crippen molar-refractivity contribution >= 4 is 21.7 Å². The molecular weight excluding hydrogens is 316 g/mol. The highest BCUT2D eigenvalue weighted by Gasteiger charge is 2.17. The molecule has 0 saturated heterocycles. The first-order chi connectivity index (χ1) is 10.9. The van der Waals surface area contributed by atoms with Gasteiger partial charge in [-0.1, -0.05) is 17.7 Å². The Labute approximate surface area is 136 Å². The van der Waals surface area contributed by atoms with Crippen molar-refractivity contribution in [2.45, 2.75) is 18.7 Å². The molecule has 0 bridgehead atoms. The van der Waals surface area contributed by atoms with Crippen molar-refractivity contribution in [1.29, 1.82) is 0 Å². The molecule has 0 aliphatic rings. The van der Waals surface area contributed by atoms with Crippen LogP contribution in [0.1, 0.15) is 11.1 Å². The molecule has 0 spiro atoms. The fourth-order valence-electron chi connectivity index (χ4n) is 2.06. The summed E-state index contributed by atoms with van der Waals surface area (Å²) < 4.78 is 32.2. The van der Waals surface area contributed by atoms with Gasteiger partial charge in [-0.05, 0) is 37.6 Å². The molecule has 0 radical (unpaired) electrons. The Morgan fingerprint density at radius 1 is 1.09 bits per heavy atom. The lowest BCUT2D eigenvalue weighted by Crippen LogP contribution is -2.16. The Bertz CT molecular complexity index is 761. The van der Waals surface area contributed by atoms with Crippen LogP contribution in [0.3, 0.4) is 0 Å². The average Bonchev–Trinajstić information content (AvgIpc) is 2.48. The molecule has 0 aliphatic carbocycles. The van der Waals surface area contributed by atoms with Gasteiger partial charge in [-0.2, -0.15) is 0 Å². The Morgan fingerprint density at radius 2 is 1.78 bits per heavy atom. The third-order valence-electron chi connectivity index (χ3n) is 3.14. The lowest BCUT2D eigenvalue weighted by Gasteiger charge is -2.10. The van der Waals surface area contributed by atoms with Crippen LogP contribution >= 0.6 is 0 Å². The smallest absolute Gasteiger partial charge is 0.263 e. The second kappa shape index (κ2) is 7.38. The molecule has 1 aromatic heterocycles. The molecule has 2 aromatic rings. The van der Waals surface area contributed by atoms with Gasteiger partial charge >= 0.3 is 0 Å². The molecule has 7 nitrogen and oxygen atoms in total. The van der Waals surface area contributed by atoms with Crippen LogP contribution in [-0.2, 0) is 14.8 Å². The second-order valence-electron chi connectivity index (χ2n) is 5.10. The molecular formula is C15H20N4O3S. The van der Waals surface area contributed by atoms with Gasteiger partial charge in [-0.25, -0.2) is 8.42 Å². The molecule has 2 rings (SSSR count). The van der Waals surface area contributed by atoms with Gasteiger partial charge in [-0.15, -0.1) is 10.2 Å². The van der Waals surface area contributed by atoms with Gasteiger partial charge in [-0.3, -0.25) is 4.72 Å². The topological polar surface area (TPSA) is 93.2 Å². The SMILES string of the molecule is COCCNc1ccc(NS(=O)(=O)c2ccc(C)cc2C)nn1. The Hall–Kier alpha value is -2.19. The Balaban J connectivity index is 2.11. The van der Waals surface area contributed by atoms with E-state index < -0.39 is 10.0 Å². The van der Waals surface area contributed by atoms with Crippen molar-refractivity contribution in [3.05, 3.63) is 41.5 Å². The number of aromatic nitrogens is 2. The second-order valence-corrected chi connectivity index (χ2v) is 6.75. The zero-order valence-electron chi connectivity index (χ0n) is 13.3. The predicted octanol–water partition coefficient (Wildman–Crippen LogP) is 1.95. The molecule has 1 heterocycles. The molecule has 1 aromatic carbocycles. The molecule has 0 unspecified atom stereocenters. The fourth-order valence-corrected chi connectivity index (χ4v) is 3.28. The van der Waals surface area contributed by atoms with Crippen molar-refractivity contribution in [2.75, 3.05) is 30.3 Å². The average molecular weight is 336 g/mol. The predicted molar refractivity (Wildman–Crippen MR) is 89.1 cm³/mol. The van der Waals surface area contributed by atoms with Gasteiger partial charge in [0.15, 0.2) is 5.82 Å². The molecule has 0 amide bonds. The summed E-state index contributed by atoms with van der Waals surface area (Å²) in [5, 5.41) is 10.8. The lowest BCUT2D eigenvalue weighted by molar-refractivity contribution is 0.210. The highest BCUT2D eigenvalue weighted by Crippen LogP contribution is 2.19. The monoisotopic (exact) mass is 336 g/mol. The summed E-state index contributed by atoms with van der Waals surface area (Å²) in [5.41, 5.74) is 1.69. The number of aryl methyl sites for hydroxylation is 2. The third-order valence-corrected chi connectivity index (χ3v) is 4.65. The number of anilines is 2. The summed E-state index contributed by atoms with van der Waals surface area (Å²) in [4.78, 5) is 0.229. The third kappa shape index (κ3) is 4.64. The zero-order chi connectivity index (χ0) is 16.9. The van der Waals surface area contributed by atoms with E-state index in [4.69, 9.17) is 4.74 Å². The first-order valence-electron chi connectivity index (χ1n) is 7.09. The van der Waals surface area contributed by atoms with Gasteiger partial charge in [0.2, 0.25) is 0 Å². The highest BCUT2D eigenvalue weighted by molar-refractivity contribution is 7.92. The number of benzene rings is 1. The van der Waals surface area contributed by atoms with Crippen LogP contribution in [0, 0.1) is 13.8 Å². The zero-order valence-corrected chi connectivity index (χ0v) is 14.1. The molecule has 0 fully saturated rings. The minimum atomic E-state index is -3.69. The summed E-state index contributed by atoms with van der Waals surface area (Å²) in [5.74, 6) is 0.721. The van der Waals surface area contributed by atoms with Crippen LogP contribution in [0.5, 0.6) is 0 Å². The summed E-state index contributed by atoms with van der Waals surface area (Å²) in [6.07, 6.45) is 0. The van der Waals surface area contributed by atoms with Crippen LogP contribution in [0.15, 0.2) is 35.2 Å². The van der Waals surface area contributed by atoms with Gasteiger partial charge in [0.25, 0.3) is 10.0 Å². The number of hydrogen-bond donors (Lipinski definition) is 2. The van der Waals surface area contributed by atoms with Gasteiger partial charge < -0.3 is 10.1 Å². The maximum atomic E-state index is 12.4. The number of methoxy groups -OCH3 is 1. The van der Waals surface area contributed by atoms with Crippen LogP contribution in [0.4, 0.5) is 11.6 Å². The van der Waals surface area contributed by atoms with Crippen molar-refractivity contribution in [3.63, 3.8) is 0 Å². The van der Waals surface area contributed by atoms with Crippen molar-refractivity contribution in [2.24, 2.45) is 0 Å². The van der Waals surface area contributed by atoms with Gasteiger partial charge in [0.1, 0.15) is 5.82 Å². The van der Waals surface area contributed by atoms with E-state index in [0.717, 1.165) is 5.56 Å². The first-order valence-corrected chi connectivity index (χ1v) is 8.57.